The molecule has 2 N–H and O–H groups in total. The molecular formula is C18H16ClN3O3S. The first kappa shape index (κ1) is 18.2. The molecule has 26 heavy (non-hydrogen) atoms. The average Bonchev–Trinajstić information content (AvgIpc) is 3.28. The van der Waals surface area contributed by atoms with Crippen LogP contribution in [0.3, 0.4) is 0 Å². The molecule has 6 nitrogen and oxygen atoms in total. The molecule has 0 aliphatic carbocycles. The summed E-state index contributed by atoms with van der Waals surface area (Å²) in [5, 5.41) is 6.51. The van der Waals surface area contributed by atoms with Crippen LogP contribution < -0.4 is 10.6 Å². The number of halogens is 1. The van der Waals surface area contributed by atoms with E-state index in [9.17, 15) is 9.59 Å². The van der Waals surface area contributed by atoms with Gasteiger partial charge in [0, 0.05) is 18.0 Å². The van der Waals surface area contributed by atoms with Crippen molar-refractivity contribution in [2.75, 3.05) is 13.1 Å². The van der Waals surface area contributed by atoms with Gasteiger partial charge in [0.05, 0.1) is 16.8 Å². The van der Waals surface area contributed by atoms with Gasteiger partial charge < -0.3 is 15.1 Å². The van der Waals surface area contributed by atoms with Crippen molar-refractivity contribution in [3.63, 3.8) is 0 Å². The molecule has 3 aromatic rings. The van der Waals surface area contributed by atoms with E-state index in [1.807, 2.05) is 6.92 Å². The second-order valence-electron chi connectivity index (χ2n) is 5.39. The van der Waals surface area contributed by atoms with Crippen molar-refractivity contribution in [3.05, 3.63) is 63.8 Å². The van der Waals surface area contributed by atoms with E-state index in [2.05, 4.69) is 15.6 Å². The standard InChI is InChI=1S/C18H16ClN3O3S/c1-11-15(22-18(26-11)14-7-4-10-25-14)17(24)21-9-8-20-16(23)12-5-2-3-6-13(12)19/h2-7,10H,8-9H2,1H3,(H,20,23)(H,21,24). The number of benzene rings is 1. The Hall–Kier alpha value is -2.64. The van der Waals surface area contributed by atoms with Crippen molar-refractivity contribution in [2.45, 2.75) is 6.92 Å². The third-order valence-corrected chi connectivity index (χ3v) is 4.87. The smallest absolute Gasteiger partial charge is 0.271 e. The predicted octanol–water partition coefficient (Wildman–Crippen LogP) is 3.52. The zero-order valence-corrected chi connectivity index (χ0v) is 15.5. The Labute approximate surface area is 159 Å². The highest BCUT2D eigenvalue weighted by Crippen LogP contribution is 2.27. The Morgan fingerprint density at radius 2 is 1.85 bits per heavy atom. The van der Waals surface area contributed by atoms with Gasteiger partial charge in [0.15, 0.2) is 10.8 Å². The number of amides is 2. The number of thiazole rings is 1. The van der Waals surface area contributed by atoms with Crippen molar-refractivity contribution >= 4 is 34.8 Å². The van der Waals surface area contributed by atoms with E-state index in [-0.39, 0.29) is 24.9 Å². The first-order valence-electron chi connectivity index (χ1n) is 7.88. The lowest BCUT2D eigenvalue weighted by Gasteiger charge is -2.07. The molecule has 0 atom stereocenters. The molecule has 2 amide bonds. The number of aryl methyl sites for hydroxylation is 1. The van der Waals surface area contributed by atoms with Crippen LogP contribution in [0.4, 0.5) is 0 Å². The third-order valence-electron chi connectivity index (χ3n) is 3.56. The van der Waals surface area contributed by atoms with Gasteiger partial charge in [-0.15, -0.1) is 11.3 Å². The van der Waals surface area contributed by atoms with E-state index in [0.717, 1.165) is 4.88 Å². The van der Waals surface area contributed by atoms with Gasteiger partial charge in [-0.2, -0.15) is 0 Å². The van der Waals surface area contributed by atoms with Gasteiger partial charge >= 0.3 is 0 Å². The summed E-state index contributed by atoms with van der Waals surface area (Å²) in [5.74, 6) is 0.0579. The van der Waals surface area contributed by atoms with Crippen LogP contribution in [0.5, 0.6) is 0 Å². The normalized spacial score (nSPS) is 10.5. The van der Waals surface area contributed by atoms with Crippen LogP contribution in [0.2, 0.25) is 5.02 Å². The van der Waals surface area contributed by atoms with E-state index in [0.29, 0.717) is 27.0 Å². The number of carbonyl (C=O) groups excluding carboxylic acids is 2. The highest BCUT2D eigenvalue weighted by Gasteiger charge is 2.17. The average molecular weight is 390 g/mol. The van der Waals surface area contributed by atoms with Crippen LogP contribution in [0, 0.1) is 6.92 Å². The molecule has 0 unspecified atom stereocenters. The fourth-order valence-electron chi connectivity index (χ4n) is 2.29. The Morgan fingerprint density at radius 3 is 2.54 bits per heavy atom. The summed E-state index contributed by atoms with van der Waals surface area (Å²) in [6.45, 7) is 2.39. The lowest BCUT2D eigenvalue weighted by molar-refractivity contribution is 0.0925. The number of furan rings is 1. The van der Waals surface area contributed by atoms with Gasteiger partial charge in [0.25, 0.3) is 11.8 Å². The molecule has 2 heterocycles. The number of hydrogen-bond donors (Lipinski definition) is 2. The van der Waals surface area contributed by atoms with E-state index < -0.39 is 0 Å². The third kappa shape index (κ3) is 4.12. The summed E-state index contributed by atoms with van der Waals surface area (Å²) in [4.78, 5) is 29.5. The minimum atomic E-state index is -0.288. The summed E-state index contributed by atoms with van der Waals surface area (Å²) >= 11 is 7.37. The first-order chi connectivity index (χ1) is 12.6. The minimum absolute atomic E-state index is 0.280. The zero-order valence-electron chi connectivity index (χ0n) is 13.9. The molecule has 0 saturated heterocycles. The predicted molar refractivity (Wildman–Crippen MR) is 101 cm³/mol. The van der Waals surface area contributed by atoms with E-state index in [1.54, 1.807) is 42.7 Å². The second kappa shape index (κ2) is 8.16. The minimum Gasteiger partial charge on any atom is -0.462 e. The Bertz CT molecular complexity index is 922. The number of carbonyl (C=O) groups is 2. The molecule has 2 aromatic heterocycles. The fraction of sp³-hybridized carbons (Fsp3) is 0.167. The lowest BCUT2D eigenvalue weighted by Crippen LogP contribution is -2.35. The maximum Gasteiger partial charge on any atom is 0.271 e. The summed E-state index contributed by atoms with van der Waals surface area (Å²) in [5.41, 5.74) is 0.762. The zero-order chi connectivity index (χ0) is 18.5. The number of hydrogen-bond acceptors (Lipinski definition) is 5. The van der Waals surface area contributed by atoms with Crippen molar-refractivity contribution in [2.24, 2.45) is 0 Å². The number of aromatic nitrogens is 1. The molecule has 8 heteroatoms. The highest BCUT2D eigenvalue weighted by atomic mass is 35.5. The fourth-order valence-corrected chi connectivity index (χ4v) is 3.39. The Balaban J connectivity index is 1.52. The van der Waals surface area contributed by atoms with E-state index >= 15 is 0 Å². The lowest BCUT2D eigenvalue weighted by atomic mass is 10.2. The number of nitrogens with zero attached hydrogens (tertiary/aromatic N) is 1. The Kier molecular flexibility index (Phi) is 5.70. The van der Waals surface area contributed by atoms with Gasteiger partial charge in [0.1, 0.15) is 5.69 Å². The molecule has 0 radical (unpaired) electrons. The molecule has 0 spiro atoms. The van der Waals surface area contributed by atoms with Crippen molar-refractivity contribution in [1.82, 2.24) is 15.6 Å². The molecule has 3 rings (SSSR count). The first-order valence-corrected chi connectivity index (χ1v) is 9.08. The summed E-state index contributed by atoms with van der Waals surface area (Å²) in [6.07, 6.45) is 1.56. The molecule has 0 aliphatic heterocycles. The molecule has 0 aliphatic rings. The summed E-state index contributed by atoms with van der Waals surface area (Å²) in [6, 6.07) is 10.4. The molecule has 1 aromatic carbocycles. The SMILES string of the molecule is Cc1sc(-c2ccco2)nc1C(=O)NCCNC(=O)c1ccccc1Cl. The molecule has 134 valence electrons. The molecular weight excluding hydrogens is 374 g/mol. The van der Waals surface area contributed by atoms with Crippen molar-refractivity contribution in [3.8, 4) is 10.8 Å². The largest absolute Gasteiger partial charge is 0.462 e. The van der Waals surface area contributed by atoms with E-state index in [4.69, 9.17) is 16.0 Å². The van der Waals surface area contributed by atoms with Gasteiger partial charge in [-0.25, -0.2) is 4.98 Å². The van der Waals surface area contributed by atoms with Crippen LogP contribution >= 0.6 is 22.9 Å². The quantitative estimate of drug-likeness (QED) is 0.632. The summed E-state index contributed by atoms with van der Waals surface area (Å²) in [7, 11) is 0. The van der Waals surface area contributed by atoms with Gasteiger partial charge in [-0.1, -0.05) is 23.7 Å². The van der Waals surface area contributed by atoms with Crippen LogP contribution in [-0.2, 0) is 0 Å². The molecule has 0 fully saturated rings. The van der Waals surface area contributed by atoms with Crippen LogP contribution in [0.1, 0.15) is 25.7 Å². The van der Waals surface area contributed by atoms with Gasteiger partial charge in [0.2, 0.25) is 0 Å². The number of rotatable bonds is 6. The van der Waals surface area contributed by atoms with Gasteiger partial charge in [-0.3, -0.25) is 9.59 Å². The Morgan fingerprint density at radius 1 is 1.12 bits per heavy atom. The van der Waals surface area contributed by atoms with Crippen LogP contribution in [-0.4, -0.2) is 29.9 Å². The molecule has 0 bridgehead atoms. The van der Waals surface area contributed by atoms with E-state index in [1.165, 1.54) is 11.3 Å². The van der Waals surface area contributed by atoms with Crippen molar-refractivity contribution in [1.29, 1.82) is 0 Å². The van der Waals surface area contributed by atoms with Crippen LogP contribution in [0.25, 0.3) is 10.8 Å². The maximum atomic E-state index is 12.3. The summed E-state index contributed by atoms with van der Waals surface area (Å²) < 4.78 is 5.30. The second-order valence-corrected chi connectivity index (χ2v) is 7.00. The molecule has 0 saturated carbocycles. The van der Waals surface area contributed by atoms with Crippen LogP contribution in [0.15, 0.2) is 47.1 Å². The highest BCUT2D eigenvalue weighted by molar-refractivity contribution is 7.15. The van der Waals surface area contributed by atoms with Crippen molar-refractivity contribution < 1.29 is 14.0 Å². The topological polar surface area (TPSA) is 84.2 Å². The number of nitrogens with one attached hydrogen (secondary N) is 2. The maximum absolute atomic E-state index is 12.3. The van der Waals surface area contributed by atoms with Gasteiger partial charge in [-0.05, 0) is 31.2 Å². The monoisotopic (exact) mass is 389 g/mol.